The average Bonchev–Trinajstić information content (AvgIpc) is 2.56. The van der Waals surface area contributed by atoms with Gasteiger partial charge < -0.3 is 14.8 Å². The Hall–Kier alpha value is -1.42. The van der Waals surface area contributed by atoms with E-state index in [9.17, 15) is 0 Å². The Labute approximate surface area is 160 Å². The first-order valence-corrected chi connectivity index (χ1v) is 9.32. The number of rotatable bonds is 9. The molecular weight excluding hydrogens is 357 g/mol. The second-order valence-corrected chi connectivity index (χ2v) is 6.90. The highest BCUT2D eigenvalue weighted by atomic mass is 35.5. The normalized spacial score (nSPS) is 11.0. The summed E-state index contributed by atoms with van der Waals surface area (Å²) in [6.45, 7) is 8.04. The lowest BCUT2D eigenvalue weighted by atomic mass is 10.1. The molecular formula is C20H25Cl2NO2. The van der Waals surface area contributed by atoms with Gasteiger partial charge in [-0.05, 0) is 69.1 Å². The van der Waals surface area contributed by atoms with Crippen molar-refractivity contribution >= 4 is 23.2 Å². The highest BCUT2D eigenvalue weighted by Gasteiger charge is 2.13. The largest absolute Gasteiger partial charge is 0.490 e. The predicted molar refractivity (Wildman–Crippen MR) is 105 cm³/mol. The van der Waals surface area contributed by atoms with Crippen molar-refractivity contribution in [2.24, 2.45) is 0 Å². The molecule has 0 aliphatic carbocycles. The molecule has 0 radical (unpaired) electrons. The van der Waals surface area contributed by atoms with Crippen LogP contribution in [0, 0.1) is 0 Å². The van der Waals surface area contributed by atoms with Gasteiger partial charge in [-0.1, -0.05) is 35.3 Å². The van der Waals surface area contributed by atoms with Gasteiger partial charge >= 0.3 is 0 Å². The summed E-state index contributed by atoms with van der Waals surface area (Å²) in [5.74, 6) is 1.31. The molecule has 0 aromatic heterocycles. The molecule has 0 fully saturated rings. The SMILES string of the molecule is CCOc1cc(CNCCc2ccc(Cl)cc2)cc(Cl)c1OC(C)C. The quantitative estimate of drug-likeness (QED) is 0.580. The predicted octanol–water partition coefficient (Wildman–Crippen LogP) is 5.51. The van der Waals surface area contributed by atoms with Gasteiger partial charge in [0.05, 0.1) is 17.7 Å². The zero-order valence-corrected chi connectivity index (χ0v) is 16.5. The Bertz CT molecular complexity index is 672. The van der Waals surface area contributed by atoms with E-state index in [1.807, 2.05) is 57.2 Å². The van der Waals surface area contributed by atoms with Gasteiger partial charge in [0.2, 0.25) is 0 Å². The average molecular weight is 382 g/mol. The molecule has 3 nitrogen and oxygen atoms in total. The van der Waals surface area contributed by atoms with E-state index in [-0.39, 0.29) is 6.10 Å². The van der Waals surface area contributed by atoms with Crippen LogP contribution in [0.15, 0.2) is 36.4 Å². The van der Waals surface area contributed by atoms with E-state index in [0.717, 1.165) is 30.1 Å². The van der Waals surface area contributed by atoms with E-state index in [0.29, 0.717) is 23.1 Å². The fourth-order valence-electron chi connectivity index (χ4n) is 2.45. The van der Waals surface area contributed by atoms with Crippen molar-refractivity contribution in [1.29, 1.82) is 0 Å². The summed E-state index contributed by atoms with van der Waals surface area (Å²) in [7, 11) is 0. The van der Waals surface area contributed by atoms with Crippen LogP contribution >= 0.6 is 23.2 Å². The van der Waals surface area contributed by atoms with Gasteiger partial charge in [0.1, 0.15) is 0 Å². The van der Waals surface area contributed by atoms with Gasteiger partial charge in [-0.15, -0.1) is 0 Å². The lowest BCUT2D eigenvalue weighted by Gasteiger charge is -2.17. The van der Waals surface area contributed by atoms with Crippen LogP contribution in [-0.2, 0) is 13.0 Å². The van der Waals surface area contributed by atoms with Crippen molar-refractivity contribution in [1.82, 2.24) is 5.32 Å². The van der Waals surface area contributed by atoms with Gasteiger partial charge in [0, 0.05) is 11.6 Å². The lowest BCUT2D eigenvalue weighted by Crippen LogP contribution is -2.17. The van der Waals surface area contributed by atoms with Crippen LogP contribution in [-0.4, -0.2) is 19.3 Å². The summed E-state index contributed by atoms with van der Waals surface area (Å²) in [6.07, 6.45) is 0.984. The maximum Gasteiger partial charge on any atom is 0.180 e. The summed E-state index contributed by atoms with van der Waals surface area (Å²) in [6, 6.07) is 11.8. The molecule has 2 aromatic rings. The standard InChI is InChI=1S/C20H25Cl2NO2/c1-4-24-19-12-16(11-18(22)20(19)25-14(2)3)13-23-10-9-15-5-7-17(21)8-6-15/h5-8,11-12,14,23H,4,9-10,13H2,1-3H3. The monoisotopic (exact) mass is 381 g/mol. The van der Waals surface area contributed by atoms with Crippen molar-refractivity contribution in [3.8, 4) is 11.5 Å². The highest BCUT2D eigenvalue weighted by molar-refractivity contribution is 6.32. The second kappa shape index (κ2) is 9.91. The van der Waals surface area contributed by atoms with Crippen molar-refractivity contribution < 1.29 is 9.47 Å². The van der Waals surface area contributed by atoms with E-state index in [1.54, 1.807) is 0 Å². The Morgan fingerprint density at radius 1 is 1.04 bits per heavy atom. The van der Waals surface area contributed by atoms with Crippen LogP contribution in [0.5, 0.6) is 11.5 Å². The highest BCUT2D eigenvalue weighted by Crippen LogP contribution is 2.37. The molecule has 0 heterocycles. The first-order chi connectivity index (χ1) is 12.0. The summed E-state index contributed by atoms with van der Waals surface area (Å²) in [5.41, 5.74) is 2.33. The summed E-state index contributed by atoms with van der Waals surface area (Å²) in [4.78, 5) is 0. The zero-order valence-electron chi connectivity index (χ0n) is 14.9. The van der Waals surface area contributed by atoms with Gasteiger partial charge in [-0.25, -0.2) is 0 Å². The third-order valence-electron chi connectivity index (χ3n) is 3.56. The molecule has 0 unspecified atom stereocenters. The second-order valence-electron chi connectivity index (χ2n) is 6.06. The molecule has 0 atom stereocenters. The van der Waals surface area contributed by atoms with E-state index >= 15 is 0 Å². The van der Waals surface area contributed by atoms with E-state index in [2.05, 4.69) is 5.32 Å². The number of hydrogen-bond donors (Lipinski definition) is 1. The molecule has 0 bridgehead atoms. The van der Waals surface area contributed by atoms with Crippen molar-refractivity contribution in [2.45, 2.75) is 39.8 Å². The van der Waals surface area contributed by atoms with Crippen LogP contribution in [0.25, 0.3) is 0 Å². The minimum absolute atomic E-state index is 0.0417. The Kier molecular flexibility index (Phi) is 7.89. The Morgan fingerprint density at radius 2 is 1.76 bits per heavy atom. The zero-order chi connectivity index (χ0) is 18.2. The third-order valence-corrected chi connectivity index (χ3v) is 4.09. The lowest BCUT2D eigenvalue weighted by molar-refractivity contribution is 0.224. The van der Waals surface area contributed by atoms with Crippen molar-refractivity contribution in [3.63, 3.8) is 0 Å². The van der Waals surface area contributed by atoms with Crippen LogP contribution < -0.4 is 14.8 Å². The maximum absolute atomic E-state index is 6.39. The molecule has 0 saturated heterocycles. The number of ether oxygens (including phenoxy) is 2. The number of nitrogens with one attached hydrogen (secondary N) is 1. The Balaban J connectivity index is 1.95. The summed E-state index contributed by atoms with van der Waals surface area (Å²) < 4.78 is 11.5. The van der Waals surface area contributed by atoms with Gasteiger partial charge in [-0.3, -0.25) is 0 Å². The Morgan fingerprint density at radius 3 is 2.40 bits per heavy atom. The third kappa shape index (κ3) is 6.43. The summed E-state index contributed by atoms with van der Waals surface area (Å²) >= 11 is 12.3. The van der Waals surface area contributed by atoms with Gasteiger partial charge in [-0.2, -0.15) is 0 Å². The first kappa shape index (κ1) is 19.9. The number of halogens is 2. The molecule has 0 aliphatic rings. The first-order valence-electron chi connectivity index (χ1n) is 8.56. The van der Waals surface area contributed by atoms with E-state index in [4.69, 9.17) is 32.7 Å². The molecule has 2 aromatic carbocycles. The smallest absolute Gasteiger partial charge is 0.180 e. The molecule has 5 heteroatoms. The molecule has 1 N–H and O–H groups in total. The fourth-order valence-corrected chi connectivity index (χ4v) is 2.86. The minimum Gasteiger partial charge on any atom is -0.490 e. The fraction of sp³-hybridized carbons (Fsp3) is 0.400. The van der Waals surface area contributed by atoms with Gasteiger partial charge in [0.25, 0.3) is 0 Å². The van der Waals surface area contributed by atoms with E-state index < -0.39 is 0 Å². The topological polar surface area (TPSA) is 30.5 Å². The molecule has 0 spiro atoms. The maximum atomic E-state index is 6.39. The van der Waals surface area contributed by atoms with Gasteiger partial charge in [0.15, 0.2) is 11.5 Å². The minimum atomic E-state index is 0.0417. The molecule has 0 aliphatic heterocycles. The number of benzene rings is 2. The van der Waals surface area contributed by atoms with Crippen LogP contribution in [0.3, 0.4) is 0 Å². The van der Waals surface area contributed by atoms with Crippen LogP contribution in [0.2, 0.25) is 10.0 Å². The van der Waals surface area contributed by atoms with E-state index in [1.165, 1.54) is 5.56 Å². The molecule has 2 rings (SSSR count). The number of hydrogen-bond acceptors (Lipinski definition) is 3. The van der Waals surface area contributed by atoms with Crippen LogP contribution in [0.4, 0.5) is 0 Å². The van der Waals surface area contributed by atoms with Crippen molar-refractivity contribution in [3.05, 3.63) is 57.6 Å². The summed E-state index contributed by atoms with van der Waals surface area (Å²) in [5, 5.41) is 4.77. The molecule has 0 saturated carbocycles. The molecule has 136 valence electrons. The molecule has 25 heavy (non-hydrogen) atoms. The van der Waals surface area contributed by atoms with Crippen molar-refractivity contribution in [2.75, 3.05) is 13.2 Å². The molecule has 0 amide bonds. The van der Waals surface area contributed by atoms with Crippen LogP contribution in [0.1, 0.15) is 31.9 Å².